The van der Waals surface area contributed by atoms with Crippen LogP contribution in [0.15, 0.2) is 63.8 Å². The Kier molecular flexibility index (Phi) is 5.81. The van der Waals surface area contributed by atoms with Crippen LogP contribution in [0.25, 0.3) is 22.4 Å². The molecule has 4 aromatic rings. The molecule has 33 heavy (non-hydrogen) atoms. The van der Waals surface area contributed by atoms with Crippen molar-refractivity contribution in [3.63, 3.8) is 0 Å². The van der Waals surface area contributed by atoms with Crippen molar-refractivity contribution in [3.8, 4) is 40.2 Å². The fourth-order valence-corrected chi connectivity index (χ4v) is 3.17. The molecular formula is C23H18N2O8. The van der Waals surface area contributed by atoms with E-state index in [1.165, 1.54) is 44.6 Å². The van der Waals surface area contributed by atoms with Crippen LogP contribution in [0.2, 0.25) is 0 Å². The van der Waals surface area contributed by atoms with Crippen molar-refractivity contribution in [2.75, 3.05) is 21.3 Å². The van der Waals surface area contributed by atoms with Crippen molar-refractivity contribution in [2.45, 2.75) is 0 Å². The van der Waals surface area contributed by atoms with Gasteiger partial charge in [-0.25, -0.2) is 9.78 Å². The molecule has 0 fully saturated rings. The van der Waals surface area contributed by atoms with E-state index in [-0.39, 0.29) is 33.8 Å². The molecule has 1 aromatic heterocycles. The van der Waals surface area contributed by atoms with E-state index in [0.29, 0.717) is 23.0 Å². The highest BCUT2D eigenvalue weighted by Gasteiger charge is 2.20. The average Bonchev–Trinajstić information content (AvgIpc) is 2.83. The van der Waals surface area contributed by atoms with E-state index in [4.69, 9.17) is 23.4 Å². The second-order valence-corrected chi connectivity index (χ2v) is 6.75. The fourth-order valence-electron chi connectivity index (χ4n) is 3.17. The summed E-state index contributed by atoms with van der Waals surface area (Å²) in [6.45, 7) is 0. The molecule has 10 heteroatoms. The molecule has 0 unspecified atom stereocenters. The lowest BCUT2D eigenvalue weighted by Gasteiger charge is -2.12. The smallest absolute Gasteiger partial charge is 0.347 e. The third-order valence-electron chi connectivity index (χ3n) is 4.82. The Labute approximate surface area is 187 Å². The molecule has 10 nitrogen and oxygen atoms in total. The summed E-state index contributed by atoms with van der Waals surface area (Å²) < 4.78 is 27.0. The number of rotatable bonds is 7. The summed E-state index contributed by atoms with van der Waals surface area (Å²) in [5.41, 5.74) is -0.517. The van der Waals surface area contributed by atoms with Crippen LogP contribution in [0, 0.1) is 10.1 Å². The molecule has 0 saturated heterocycles. The molecule has 1 heterocycles. The predicted molar refractivity (Wildman–Crippen MR) is 119 cm³/mol. The van der Waals surface area contributed by atoms with Crippen LogP contribution >= 0.6 is 0 Å². The molecule has 0 aliphatic heterocycles. The van der Waals surface area contributed by atoms with Gasteiger partial charge in [0.05, 0.1) is 42.7 Å². The Morgan fingerprint density at radius 2 is 1.52 bits per heavy atom. The van der Waals surface area contributed by atoms with Crippen LogP contribution in [0.1, 0.15) is 0 Å². The van der Waals surface area contributed by atoms with Crippen molar-refractivity contribution in [2.24, 2.45) is 0 Å². The summed E-state index contributed by atoms with van der Waals surface area (Å²) in [6, 6.07) is 13.7. The molecule has 0 aliphatic carbocycles. The number of benzene rings is 3. The van der Waals surface area contributed by atoms with Crippen LogP contribution in [0.5, 0.6) is 28.7 Å². The van der Waals surface area contributed by atoms with Gasteiger partial charge in [0, 0.05) is 24.3 Å². The van der Waals surface area contributed by atoms with Crippen LogP contribution < -0.4 is 24.6 Å². The van der Waals surface area contributed by atoms with E-state index in [0.717, 1.165) is 0 Å². The number of aromatic nitrogens is 1. The van der Waals surface area contributed by atoms with Crippen LogP contribution in [-0.4, -0.2) is 31.2 Å². The number of nitro groups is 1. The second-order valence-electron chi connectivity index (χ2n) is 6.75. The number of nitro benzene ring substituents is 1. The van der Waals surface area contributed by atoms with E-state index in [1.807, 2.05) is 0 Å². The number of hydrogen-bond donors (Lipinski definition) is 0. The number of hydrogen-bond acceptors (Lipinski definition) is 9. The molecular weight excluding hydrogens is 432 g/mol. The molecule has 0 N–H and O–H groups in total. The van der Waals surface area contributed by atoms with Gasteiger partial charge in [-0.1, -0.05) is 0 Å². The van der Waals surface area contributed by atoms with Gasteiger partial charge in [-0.15, -0.1) is 0 Å². The van der Waals surface area contributed by atoms with E-state index < -0.39 is 10.5 Å². The topological polar surface area (TPSA) is 123 Å². The van der Waals surface area contributed by atoms with E-state index >= 15 is 0 Å². The maximum absolute atomic E-state index is 12.7. The summed E-state index contributed by atoms with van der Waals surface area (Å²) in [5, 5.41) is 11.5. The minimum Gasteiger partial charge on any atom is -0.497 e. The van der Waals surface area contributed by atoms with E-state index in [2.05, 4.69) is 4.98 Å². The molecule has 3 aromatic carbocycles. The van der Waals surface area contributed by atoms with Crippen LogP contribution in [-0.2, 0) is 0 Å². The summed E-state index contributed by atoms with van der Waals surface area (Å²) in [4.78, 5) is 27.9. The standard InChI is InChI=1S/C23H18N2O8/c1-29-14-5-7-15(8-6-14)32-19-9-4-13(25(27)28)10-17(19)22-24-18-12-21(31-3)20(30-2)11-16(18)23(26)33-22/h4-12H,1-3H3. The largest absolute Gasteiger partial charge is 0.497 e. The highest BCUT2D eigenvalue weighted by atomic mass is 16.6. The first-order valence-corrected chi connectivity index (χ1v) is 9.61. The third-order valence-corrected chi connectivity index (χ3v) is 4.82. The fraction of sp³-hybridized carbons (Fsp3) is 0.130. The average molecular weight is 450 g/mol. The molecule has 0 amide bonds. The summed E-state index contributed by atoms with van der Waals surface area (Å²) in [7, 11) is 4.44. The molecule has 0 atom stereocenters. The number of fused-ring (bicyclic) bond motifs is 1. The molecule has 168 valence electrons. The zero-order valence-electron chi connectivity index (χ0n) is 17.9. The van der Waals surface area contributed by atoms with Crippen molar-refractivity contribution in [1.82, 2.24) is 4.98 Å². The van der Waals surface area contributed by atoms with Crippen LogP contribution in [0.4, 0.5) is 5.69 Å². The maximum Gasteiger partial charge on any atom is 0.347 e. The van der Waals surface area contributed by atoms with Gasteiger partial charge in [-0.3, -0.25) is 10.1 Å². The lowest BCUT2D eigenvalue weighted by atomic mass is 10.1. The quantitative estimate of drug-likeness (QED) is 0.294. The Bertz CT molecular complexity index is 1400. The van der Waals surface area contributed by atoms with Gasteiger partial charge in [0.15, 0.2) is 11.5 Å². The first kappa shape index (κ1) is 21.6. The van der Waals surface area contributed by atoms with Crippen molar-refractivity contribution in [1.29, 1.82) is 0 Å². The minimum atomic E-state index is -0.696. The molecule has 0 bridgehead atoms. The lowest BCUT2D eigenvalue weighted by Crippen LogP contribution is -2.05. The number of methoxy groups -OCH3 is 3. The molecule has 4 rings (SSSR count). The predicted octanol–water partition coefficient (Wildman–Crippen LogP) is 4.58. The Morgan fingerprint density at radius 1 is 0.848 bits per heavy atom. The van der Waals surface area contributed by atoms with Gasteiger partial charge >= 0.3 is 5.63 Å². The van der Waals surface area contributed by atoms with Crippen molar-refractivity contribution in [3.05, 3.63) is 75.1 Å². The van der Waals surface area contributed by atoms with Gasteiger partial charge in [-0.2, -0.15) is 0 Å². The Hall–Kier alpha value is -4.60. The first-order chi connectivity index (χ1) is 15.9. The normalized spacial score (nSPS) is 10.6. The van der Waals surface area contributed by atoms with Gasteiger partial charge in [-0.05, 0) is 30.3 Å². The summed E-state index contributed by atoms with van der Waals surface area (Å²) >= 11 is 0. The highest BCUT2D eigenvalue weighted by Crippen LogP contribution is 2.37. The second kappa shape index (κ2) is 8.87. The zero-order chi connectivity index (χ0) is 23.5. The van der Waals surface area contributed by atoms with Crippen molar-refractivity contribution < 1.29 is 28.3 Å². The van der Waals surface area contributed by atoms with E-state index in [9.17, 15) is 14.9 Å². The first-order valence-electron chi connectivity index (χ1n) is 9.61. The highest BCUT2D eigenvalue weighted by molar-refractivity contribution is 5.83. The number of non-ortho nitro benzene ring substituents is 1. The van der Waals surface area contributed by atoms with Crippen molar-refractivity contribution >= 4 is 16.6 Å². The zero-order valence-corrected chi connectivity index (χ0v) is 17.9. The number of nitrogens with zero attached hydrogens (tertiary/aromatic N) is 2. The van der Waals surface area contributed by atoms with Gasteiger partial charge < -0.3 is 23.4 Å². The van der Waals surface area contributed by atoms with Gasteiger partial charge in [0.1, 0.15) is 17.2 Å². The molecule has 0 aliphatic rings. The monoisotopic (exact) mass is 450 g/mol. The molecule has 0 saturated carbocycles. The molecule has 0 radical (unpaired) electrons. The van der Waals surface area contributed by atoms with Gasteiger partial charge in [0.2, 0.25) is 5.89 Å². The van der Waals surface area contributed by atoms with Crippen LogP contribution in [0.3, 0.4) is 0 Å². The SMILES string of the molecule is COc1ccc(Oc2ccc([N+](=O)[O-])cc2-c2nc3cc(OC)c(OC)cc3c(=O)o2)cc1. The van der Waals surface area contributed by atoms with E-state index in [1.54, 1.807) is 31.4 Å². The third kappa shape index (κ3) is 4.26. The maximum atomic E-state index is 12.7. The Morgan fingerprint density at radius 3 is 2.15 bits per heavy atom. The lowest BCUT2D eigenvalue weighted by molar-refractivity contribution is -0.384. The number of ether oxygens (including phenoxy) is 4. The minimum absolute atomic E-state index is 0.133. The molecule has 0 spiro atoms. The Balaban J connectivity index is 1.87. The summed E-state index contributed by atoms with van der Waals surface area (Å²) in [5.74, 6) is 1.85. The van der Waals surface area contributed by atoms with Gasteiger partial charge in [0.25, 0.3) is 5.69 Å². The summed E-state index contributed by atoms with van der Waals surface area (Å²) in [6.07, 6.45) is 0.